The van der Waals surface area contributed by atoms with E-state index in [0.717, 1.165) is 21.9 Å². The highest BCUT2D eigenvalue weighted by Gasteiger charge is 2.42. The average molecular weight is 436 g/mol. The lowest BCUT2D eigenvalue weighted by Gasteiger charge is -2.28. The van der Waals surface area contributed by atoms with Gasteiger partial charge in [0, 0.05) is 16.1 Å². The van der Waals surface area contributed by atoms with Crippen molar-refractivity contribution in [2.45, 2.75) is 43.9 Å². The first kappa shape index (κ1) is 18.0. The van der Waals surface area contributed by atoms with Crippen LogP contribution in [-0.2, 0) is 4.79 Å². The zero-order valence-electron chi connectivity index (χ0n) is 14.7. The molecular formula is C19H22BrN3O2S. The molecule has 1 aromatic carbocycles. The van der Waals surface area contributed by atoms with Gasteiger partial charge < -0.3 is 9.73 Å². The van der Waals surface area contributed by atoms with Gasteiger partial charge >= 0.3 is 0 Å². The van der Waals surface area contributed by atoms with Crippen molar-refractivity contribution in [3.63, 3.8) is 0 Å². The minimum atomic E-state index is 0.0358. The van der Waals surface area contributed by atoms with Gasteiger partial charge in [0.25, 0.3) is 5.22 Å². The van der Waals surface area contributed by atoms with E-state index in [0.29, 0.717) is 22.8 Å². The fraction of sp³-hybridized carbons (Fsp3) is 0.526. The summed E-state index contributed by atoms with van der Waals surface area (Å²) in [5.41, 5.74) is 0.863. The van der Waals surface area contributed by atoms with E-state index in [1.54, 1.807) is 0 Å². The van der Waals surface area contributed by atoms with E-state index >= 15 is 0 Å². The lowest BCUT2D eigenvalue weighted by molar-refractivity contribution is -0.119. The summed E-state index contributed by atoms with van der Waals surface area (Å²) in [6.45, 7) is 2.15. The van der Waals surface area contributed by atoms with Crippen LogP contribution < -0.4 is 5.32 Å². The van der Waals surface area contributed by atoms with Crippen LogP contribution in [0.3, 0.4) is 0 Å². The average Bonchev–Trinajstić information content (AvgIpc) is 3.37. The summed E-state index contributed by atoms with van der Waals surface area (Å²) < 4.78 is 6.65. The van der Waals surface area contributed by atoms with Gasteiger partial charge in [-0.05, 0) is 68.2 Å². The summed E-state index contributed by atoms with van der Waals surface area (Å²) in [4.78, 5) is 12.3. The third-order valence-corrected chi connectivity index (χ3v) is 7.00. The molecule has 2 bridgehead atoms. The zero-order chi connectivity index (χ0) is 18.1. The standard InChI is InChI=1S/C19H22BrN3O2S/c1-11(16-9-12-2-3-14(16)8-12)21-17(24)10-26-19-23-22-18(25-19)13-4-6-15(20)7-5-13/h4-7,11-12,14,16H,2-3,8-10H2,1H3,(H,21,24). The Labute approximate surface area is 165 Å². The number of aromatic nitrogens is 2. The normalized spacial score (nSPS) is 25.4. The first-order chi connectivity index (χ1) is 12.6. The Morgan fingerprint density at radius 2 is 2.12 bits per heavy atom. The van der Waals surface area contributed by atoms with E-state index < -0.39 is 0 Å². The van der Waals surface area contributed by atoms with Crippen LogP contribution >= 0.6 is 27.7 Å². The Morgan fingerprint density at radius 1 is 1.31 bits per heavy atom. The van der Waals surface area contributed by atoms with Crippen molar-refractivity contribution in [3.05, 3.63) is 28.7 Å². The lowest BCUT2D eigenvalue weighted by atomic mass is 9.84. The van der Waals surface area contributed by atoms with Gasteiger partial charge in [-0.15, -0.1) is 10.2 Å². The molecular weight excluding hydrogens is 414 g/mol. The SMILES string of the molecule is CC(NC(=O)CSc1nnc(-c2ccc(Br)cc2)o1)C1CC2CCC1C2. The first-order valence-electron chi connectivity index (χ1n) is 9.10. The number of benzene rings is 1. The molecule has 2 saturated carbocycles. The molecule has 1 aromatic heterocycles. The summed E-state index contributed by atoms with van der Waals surface area (Å²) >= 11 is 4.69. The maximum atomic E-state index is 12.3. The molecule has 2 aliphatic rings. The van der Waals surface area contributed by atoms with E-state index in [1.807, 2.05) is 24.3 Å². The minimum absolute atomic E-state index is 0.0358. The largest absolute Gasteiger partial charge is 0.411 e. The van der Waals surface area contributed by atoms with Crippen molar-refractivity contribution >= 4 is 33.6 Å². The van der Waals surface area contributed by atoms with Crippen molar-refractivity contribution in [3.8, 4) is 11.5 Å². The molecule has 7 heteroatoms. The number of rotatable bonds is 6. The predicted molar refractivity (Wildman–Crippen MR) is 105 cm³/mol. The highest BCUT2D eigenvalue weighted by Crippen LogP contribution is 2.49. The Hall–Kier alpha value is -1.34. The third kappa shape index (κ3) is 3.98. The molecule has 1 N–H and O–H groups in total. The molecule has 2 fully saturated rings. The monoisotopic (exact) mass is 435 g/mol. The smallest absolute Gasteiger partial charge is 0.277 e. The molecule has 4 atom stereocenters. The number of halogens is 1. The van der Waals surface area contributed by atoms with E-state index in [9.17, 15) is 4.79 Å². The summed E-state index contributed by atoms with van der Waals surface area (Å²) in [6.07, 6.45) is 5.36. The number of amides is 1. The van der Waals surface area contributed by atoms with Gasteiger partial charge in [0.1, 0.15) is 0 Å². The zero-order valence-corrected chi connectivity index (χ0v) is 17.1. The van der Waals surface area contributed by atoms with E-state index in [2.05, 4.69) is 38.4 Å². The Morgan fingerprint density at radius 3 is 2.81 bits per heavy atom. The Bertz CT molecular complexity index is 779. The quantitative estimate of drug-likeness (QED) is 0.674. The molecule has 26 heavy (non-hydrogen) atoms. The molecule has 4 rings (SSSR count). The summed E-state index contributed by atoms with van der Waals surface area (Å²) in [5.74, 6) is 3.16. The molecule has 0 aliphatic heterocycles. The number of carbonyl (C=O) groups is 1. The number of hydrogen-bond donors (Lipinski definition) is 1. The number of nitrogens with one attached hydrogen (secondary N) is 1. The lowest BCUT2D eigenvalue weighted by Crippen LogP contribution is -2.40. The first-order valence-corrected chi connectivity index (χ1v) is 10.9. The molecule has 4 unspecified atom stereocenters. The molecule has 1 heterocycles. The van der Waals surface area contributed by atoms with Crippen LogP contribution in [0.25, 0.3) is 11.5 Å². The van der Waals surface area contributed by atoms with Crippen molar-refractivity contribution in [1.82, 2.24) is 15.5 Å². The van der Waals surface area contributed by atoms with Gasteiger partial charge in [-0.2, -0.15) is 0 Å². The molecule has 0 spiro atoms. The predicted octanol–water partition coefficient (Wildman–Crippen LogP) is 4.53. The second-order valence-corrected chi connectivity index (χ2v) is 9.21. The van der Waals surface area contributed by atoms with Crippen LogP contribution in [0.4, 0.5) is 0 Å². The van der Waals surface area contributed by atoms with Crippen LogP contribution in [0.1, 0.15) is 32.6 Å². The van der Waals surface area contributed by atoms with Gasteiger partial charge in [0.15, 0.2) is 0 Å². The van der Waals surface area contributed by atoms with Crippen LogP contribution in [0.2, 0.25) is 0 Å². The second kappa shape index (κ2) is 7.72. The molecule has 2 aromatic rings. The van der Waals surface area contributed by atoms with Crippen molar-refractivity contribution in [2.75, 3.05) is 5.75 Å². The van der Waals surface area contributed by atoms with Crippen LogP contribution in [0.15, 0.2) is 38.4 Å². The minimum Gasteiger partial charge on any atom is -0.411 e. The highest BCUT2D eigenvalue weighted by molar-refractivity contribution is 9.10. The second-order valence-electron chi connectivity index (χ2n) is 7.36. The van der Waals surface area contributed by atoms with Crippen molar-refractivity contribution < 1.29 is 9.21 Å². The van der Waals surface area contributed by atoms with Crippen LogP contribution in [0, 0.1) is 17.8 Å². The maximum absolute atomic E-state index is 12.3. The molecule has 2 aliphatic carbocycles. The number of nitrogens with zero attached hydrogens (tertiary/aromatic N) is 2. The molecule has 0 saturated heterocycles. The van der Waals surface area contributed by atoms with Gasteiger partial charge in [-0.25, -0.2) is 0 Å². The van der Waals surface area contributed by atoms with Gasteiger partial charge in [0.2, 0.25) is 11.8 Å². The number of thioether (sulfide) groups is 1. The third-order valence-electron chi connectivity index (χ3n) is 5.65. The summed E-state index contributed by atoms with van der Waals surface area (Å²) in [7, 11) is 0. The fourth-order valence-electron chi connectivity index (χ4n) is 4.41. The van der Waals surface area contributed by atoms with E-state index in [1.165, 1.54) is 37.4 Å². The van der Waals surface area contributed by atoms with Gasteiger partial charge in [-0.1, -0.05) is 34.1 Å². The topological polar surface area (TPSA) is 68.0 Å². The Kier molecular flexibility index (Phi) is 5.36. The van der Waals surface area contributed by atoms with Gasteiger partial charge in [-0.3, -0.25) is 4.79 Å². The molecule has 138 valence electrons. The Balaban J connectivity index is 1.27. The molecule has 0 radical (unpaired) electrons. The maximum Gasteiger partial charge on any atom is 0.277 e. The van der Waals surface area contributed by atoms with E-state index in [4.69, 9.17) is 4.42 Å². The number of fused-ring (bicyclic) bond motifs is 2. The summed E-state index contributed by atoms with van der Waals surface area (Å²) in [6, 6.07) is 7.93. The van der Waals surface area contributed by atoms with Crippen molar-refractivity contribution in [1.29, 1.82) is 0 Å². The highest BCUT2D eigenvalue weighted by atomic mass is 79.9. The summed E-state index contributed by atoms with van der Waals surface area (Å²) in [5, 5.41) is 11.7. The van der Waals surface area contributed by atoms with Crippen LogP contribution in [-0.4, -0.2) is 27.9 Å². The van der Waals surface area contributed by atoms with Gasteiger partial charge in [0.05, 0.1) is 5.75 Å². The molecule has 1 amide bonds. The number of carbonyl (C=O) groups excluding carboxylic acids is 1. The molecule has 5 nitrogen and oxygen atoms in total. The van der Waals surface area contributed by atoms with E-state index in [-0.39, 0.29) is 11.9 Å². The number of hydrogen-bond acceptors (Lipinski definition) is 5. The fourth-order valence-corrected chi connectivity index (χ4v) is 5.25. The van der Waals surface area contributed by atoms with Crippen LogP contribution in [0.5, 0.6) is 0 Å². The van der Waals surface area contributed by atoms with Crippen molar-refractivity contribution in [2.24, 2.45) is 17.8 Å².